The predicted octanol–water partition coefficient (Wildman–Crippen LogP) is 5.90. The topological polar surface area (TPSA) is 35.5 Å². The highest BCUT2D eigenvalue weighted by Gasteiger charge is 2.19. The summed E-state index contributed by atoms with van der Waals surface area (Å²) in [5.41, 5.74) is 4.56. The van der Waals surface area contributed by atoms with Crippen LogP contribution in [-0.4, -0.2) is 13.4 Å². The van der Waals surface area contributed by atoms with Crippen LogP contribution in [-0.2, 0) is 11.3 Å². The normalized spacial score (nSPS) is 16.5. The van der Waals surface area contributed by atoms with Gasteiger partial charge >= 0.3 is 0 Å². The van der Waals surface area contributed by atoms with Crippen molar-refractivity contribution in [1.29, 1.82) is 0 Å². The van der Waals surface area contributed by atoms with Gasteiger partial charge in [-0.1, -0.05) is 61.6 Å². The highest BCUT2D eigenvalue weighted by molar-refractivity contribution is 5.85. The molecule has 0 spiro atoms. The van der Waals surface area contributed by atoms with Gasteiger partial charge < -0.3 is 9.47 Å². The molecule has 0 saturated heterocycles. The van der Waals surface area contributed by atoms with Crippen LogP contribution in [0.25, 0.3) is 5.57 Å². The van der Waals surface area contributed by atoms with Crippen molar-refractivity contribution >= 4 is 11.9 Å². The molecule has 0 N–H and O–H groups in total. The first-order valence-corrected chi connectivity index (χ1v) is 9.52. The highest BCUT2D eigenvalue weighted by Crippen LogP contribution is 2.34. The second-order valence-electron chi connectivity index (χ2n) is 7.01. The van der Waals surface area contributed by atoms with E-state index in [1.54, 1.807) is 7.11 Å². The van der Waals surface area contributed by atoms with Crippen molar-refractivity contribution < 1.29 is 14.3 Å². The Morgan fingerprint density at radius 3 is 2.64 bits per heavy atom. The zero-order valence-corrected chi connectivity index (χ0v) is 16.6. The predicted molar refractivity (Wildman–Crippen MR) is 113 cm³/mol. The average Bonchev–Trinajstić information content (AvgIpc) is 2.70. The summed E-state index contributed by atoms with van der Waals surface area (Å²) in [4.78, 5) is 11.6. The molecule has 0 radical (unpaired) electrons. The third-order valence-electron chi connectivity index (χ3n) is 4.90. The number of ether oxygens (including phenoxy) is 2. The summed E-state index contributed by atoms with van der Waals surface area (Å²) < 4.78 is 11.7. The maximum absolute atomic E-state index is 11.6. The van der Waals surface area contributed by atoms with E-state index >= 15 is 0 Å². The van der Waals surface area contributed by atoms with E-state index in [9.17, 15) is 4.79 Å². The smallest absolute Gasteiger partial charge is 0.153 e. The van der Waals surface area contributed by atoms with Crippen LogP contribution in [0.2, 0.25) is 0 Å². The minimum atomic E-state index is 0.224. The molecule has 1 aliphatic rings. The maximum atomic E-state index is 11.6. The van der Waals surface area contributed by atoms with Crippen molar-refractivity contribution in [2.24, 2.45) is 5.92 Å². The monoisotopic (exact) mass is 374 g/mol. The Morgan fingerprint density at radius 2 is 1.93 bits per heavy atom. The molecule has 2 aromatic carbocycles. The van der Waals surface area contributed by atoms with E-state index in [0.717, 1.165) is 40.7 Å². The lowest BCUT2D eigenvalue weighted by Crippen LogP contribution is -2.08. The van der Waals surface area contributed by atoms with E-state index in [4.69, 9.17) is 9.47 Å². The van der Waals surface area contributed by atoms with Crippen LogP contribution in [0.5, 0.6) is 5.75 Å². The summed E-state index contributed by atoms with van der Waals surface area (Å²) in [7, 11) is 1.59. The molecule has 2 aromatic rings. The Morgan fingerprint density at radius 1 is 1.14 bits per heavy atom. The fourth-order valence-corrected chi connectivity index (χ4v) is 3.48. The molecule has 3 rings (SSSR count). The van der Waals surface area contributed by atoms with Gasteiger partial charge in [-0.25, -0.2) is 0 Å². The number of aldehydes is 1. The van der Waals surface area contributed by atoms with Crippen LogP contribution in [0, 0.1) is 12.8 Å². The number of methoxy groups -OCH3 is 1. The van der Waals surface area contributed by atoms with Crippen molar-refractivity contribution in [3.05, 3.63) is 94.8 Å². The molecule has 1 aliphatic carbocycles. The molecular weight excluding hydrogens is 348 g/mol. The second kappa shape index (κ2) is 9.23. The maximum Gasteiger partial charge on any atom is 0.153 e. The van der Waals surface area contributed by atoms with E-state index in [0.29, 0.717) is 17.9 Å². The van der Waals surface area contributed by atoms with Crippen LogP contribution in [0.1, 0.15) is 40.4 Å². The third kappa shape index (κ3) is 4.42. The number of aryl methyl sites for hydroxylation is 1. The van der Waals surface area contributed by atoms with Gasteiger partial charge in [-0.15, -0.1) is 0 Å². The first-order chi connectivity index (χ1) is 13.6. The average molecular weight is 374 g/mol. The number of carbonyl (C=O) groups is 1. The van der Waals surface area contributed by atoms with Crippen LogP contribution in [0.15, 0.2) is 72.5 Å². The highest BCUT2D eigenvalue weighted by atomic mass is 16.5. The number of allylic oxidation sites excluding steroid dienone is 6. The molecule has 3 heteroatoms. The van der Waals surface area contributed by atoms with Gasteiger partial charge in [0.2, 0.25) is 0 Å². The van der Waals surface area contributed by atoms with Crippen LogP contribution < -0.4 is 4.74 Å². The first-order valence-electron chi connectivity index (χ1n) is 9.52. The number of carbonyl (C=O) groups excluding carboxylic acids is 1. The third-order valence-corrected chi connectivity index (χ3v) is 4.90. The number of rotatable bonds is 6. The lowest BCUT2D eigenvalue weighted by molar-refractivity contribution is 0.112. The summed E-state index contributed by atoms with van der Waals surface area (Å²) >= 11 is 0. The minimum Gasteiger partial charge on any atom is -0.496 e. The minimum absolute atomic E-state index is 0.224. The summed E-state index contributed by atoms with van der Waals surface area (Å²) in [5, 5.41) is 0. The molecule has 144 valence electrons. The second-order valence-corrected chi connectivity index (χ2v) is 7.01. The van der Waals surface area contributed by atoms with Crippen molar-refractivity contribution in [3.8, 4) is 5.75 Å². The first kappa shape index (κ1) is 19.7. The summed E-state index contributed by atoms with van der Waals surface area (Å²) in [5.74, 6) is 1.78. The van der Waals surface area contributed by atoms with Crippen LogP contribution in [0.3, 0.4) is 0 Å². The van der Waals surface area contributed by atoms with Gasteiger partial charge in [-0.3, -0.25) is 4.79 Å². The molecule has 0 amide bonds. The Labute approximate surface area is 167 Å². The van der Waals surface area contributed by atoms with Gasteiger partial charge in [-0.05, 0) is 42.2 Å². The van der Waals surface area contributed by atoms with Gasteiger partial charge in [0, 0.05) is 11.5 Å². The Balaban J connectivity index is 2.07. The summed E-state index contributed by atoms with van der Waals surface area (Å²) in [6.45, 7) is 4.63. The standard InChI is InChI=1S/C25H26O3/c1-18-10-6-4-9-13-23(25(18)28-17-20-11-7-5-8-12-20)21-14-19(2)24(27-3)22(15-21)16-26/h4-9,11-16,18H,10,17H2,1-3H3. The van der Waals surface area contributed by atoms with Gasteiger partial charge in [0.25, 0.3) is 0 Å². The summed E-state index contributed by atoms with van der Waals surface area (Å²) in [6, 6.07) is 14.1. The van der Waals surface area contributed by atoms with Crippen molar-refractivity contribution in [2.45, 2.75) is 26.9 Å². The number of benzene rings is 2. The Bertz CT molecular complexity index is 920. The van der Waals surface area contributed by atoms with Gasteiger partial charge in [0.15, 0.2) is 6.29 Å². The van der Waals surface area contributed by atoms with Gasteiger partial charge in [0.05, 0.1) is 12.7 Å². The summed E-state index contributed by atoms with van der Waals surface area (Å²) in [6.07, 6.45) is 10.0. The van der Waals surface area contributed by atoms with E-state index in [2.05, 4.69) is 43.4 Å². The molecule has 0 bridgehead atoms. The lowest BCUT2D eigenvalue weighted by atomic mass is 9.92. The molecule has 0 fully saturated rings. The Kier molecular flexibility index (Phi) is 6.49. The number of hydrogen-bond acceptors (Lipinski definition) is 3. The molecule has 1 atom stereocenters. The van der Waals surface area contributed by atoms with Crippen molar-refractivity contribution in [3.63, 3.8) is 0 Å². The molecule has 0 aliphatic heterocycles. The SMILES string of the molecule is COc1c(C)cc(C2=C(OCc3ccccc3)C(C)CC=CC=C2)cc1C=O. The van der Waals surface area contributed by atoms with Gasteiger partial charge in [-0.2, -0.15) is 0 Å². The molecule has 28 heavy (non-hydrogen) atoms. The zero-order valence-electron chi connectivity index (χ0n) is 16.6. The largest absolute Gasteiger partial charge is 0.496 e. The fourth-order valence-electron chi connectivity index (χ4n) is 3.48. The van der Waals surface area contributed by atoms with Crippen molar-refractivity contribution in [2.75, 3.05) is 7.11 Å². The molecule has 1 unspecified atom stereocenters. The van der Waals surface area contributed by atoms with E-state index < -0.39 is 0 Å². The van der Waals surface area contributed by atoms with Gasteiger partial charge in [0.1, 0.15) is 18.1 Å². The van der Waals surface area contributed by atoms with E-state index in [1.807, 2.05) is 37.3 Å². The number of hydrogen-bond donors (Lipinski definition) is 0. The Hall–Kier alpha value is -3.07. The molecule has 0 saturated carbocycles. The lowest BCUT2D eigenvalue weighted by Gasteiger charge is -2.22. The molecule has 0 heterocycles. The molecule has 3 nitrogen and oxygen atoms in total. The van der Waals surface area contributed by atoms with E-state index in [1.165, 1.54) is 0 Å². The quantitative estimate of drug-likeness (QED) is 0.591. The molecular formula is C25H26O3. The van der Waals surface area contributed by atoms with Crippen LogP contribution in [0.4, 0.5) is 0 Å². The fraction of sp³-hybridized carbons (Fsp3) is 0.240. The van der Waals surface area contributed by atoms with Crippen LogP contribution >= 0.6 is 0 Å². The zero-order chi connectivity index (χ0) is 19.9. The molecule has 0 aromatic heterocycles. The van der Waals surface area contributed by atoms with Crippen molar-refractivity contribution in [1.82, 2.24) is 0 Å². The van der Waals surface area contributed by atoms with E-state index in [-0.39, 0.29) is 5.92 Å².